The monoisotopic (exact) mass is 263 g/mol. The summed E-state index contributed by atoms with van der Waals surface area (Å²) in [5.41, 5.74) is 3.68. The van der Waals surface area contributed by atoms with Gasteiger partial charge in [-0.05, 0) is 33.0 Å². The lowest BCUT2D eigenvalue weighted by Gasteiger charge is -2.36. The van der Waals surface area contributed by atoms with Gasteiger partial charge >= 0.3 is 0 Å². The quantitative estimate of drug-likeness (QED) is 0.615. The van der Waals surface area contributed by atoms with E-state index in [0.717, 1.165) is 25.9 Å². The fourth-order valence-electron chi connectivity index (χ4n) is 2.43. The summed E-state index contributed by atoms with van der Waals surface area (Å²) >= 11 is 0. The SMILES string of the molecule is CN(C)C1CCCN(C(=O)c2ccncc2NN)C1. The van der Waals surface area contributed by atoms with Gasteiger partial charge in [-0.3, -0.25) is 15.6 Å². The van der Waals surface area contributed by atoms with Crippen LogP contribution in [0.15, 0.2) is 18.5 Å². The molecule has 3 N–H and O–H groups in total. The second kappa shape index (κ2) is 5.99. The number of carbonyl (C=O) groups excluding carboxylic acids is 1. The molecule has 104 valence electrons. The molecule has 0 aromatic carbocycles. The summed E-state index contributed by atoms with van der Waals surface area (Å²) in [7, 11) is 4.11. The molecule has 0 radical (unpaired) electrons. The molecule has 1 unspecified atom stereocenters. The van der Waals surface area contributed by atoms with Crippen LogP contribution in [0.1, 0.15) is 23.2 Å². The van der Waals surface area contributed by atoms with Crippen LogP contribution in [0.3, 0.4) is 0 Å². The van der Waals surface area contributed by atoms with Crippen LogP contribution in [0.5, 0.6) is 0 Å². The highest BCUT2D eigenvalue weighted by Gasteiger charge is 2.26. The van der Waals surface area contributed by atoms with Crippen LogP contribution in [0.25, 0.3) is 0 Å². The van der Waals surface area contributed by atoms with Crippen molar-refractivity contribution >= 4 is 11.6 Å². The van der Waals surface area contributed by atoms with Gasteiger partial charge in [0.05, 0.1) is 17.4 Å². The molecule has 19 heavy (non-hydrogen) atoms. The van der Waals surface area contributed by atoms with E-state index in [1.54, 1.807) is 18.5 Å². The second-order valence-corrected chi connectivity index (χ2v) is 5.08. The molecule has 2 rings (SSSR count). The number of nitrogens with zero attached hydrogens (tertiary/aromatic N) is 3. The third-order valence-corrected chi connectivity index (χ3v) is 3.62. The molecule has 1 aliphatic heterocycles. The number of rotatable bonds is 3. The van der Waals surface area contributed by atoms with Gasteiger partial charge in [-0.15, -0.1) is 0 Å². The lowest BCUT2D eigenvalue weighted by molar-refractivity contribution is 0.0636. The number of likely N-dealkylation sites (N-methyl/N-ethyl adjacent to an activating group) is 1. The van der Waals surface area contributed by atoms with Gasteiger partial charge in [-0.1, -0.05) is 0 Å². The number of nitrogen functional groups attached to an aromatic ring is 1. The van der Waals surface area contributed by atoms with E-state index in [1.165, 1.54) is 0 Å². The smallest absolute Gasteiger partial charge is 0.256 e. The van der Waals surface area contributed by atoms with Gasteiger partial charge in [0.25, 0.3) is 5.91 Å². The second-order valence-electron chi connectivity index (χ2n) is 5.08. The summed E-state index contributed by atoms with van der Waals surface area (Å²) in [6.45, 7) is 1.56. The van der Waals surface area contributed by atoms with E-state index in [0.29, 0.717) is 17.3 Å². The number of pyridine rings is 1. The van der Waals surface area contributed by atoms with Crippen molar-refractivity contribution in [1.29, 1.82) is 0 Å². The number of nitrogens with one attached hydrogen (secondary N) is 1. The van der Waals surface area contributed by atoms with Gasteiger partial charge in [0.15, 0.2) is 0 Å². The first kappa shape index (κ1) is 13.8. The molecular formula is C13H21N5O. The van der Waals surface area contributed by atoms with Crippen molar-refractivity contribution in [3.63, 3.8) is 0 Å². The van der Waals surface area contributed by atoms with Gasteiger partial charge < -0.3 is 15.2 Å². The lowest BCUT2D eigenvalue weighted by atomic mass is 10.0. The van der Waals surface area contributed by atoms with Gasteiger partial charge in [0.1, 0.15) is 0 Å². The summed E-state index contributed by atoms with van der Waals surface area (Å²) in [5, 5.41) is 0. The molecule has 0 aliphatic carbocycles. The zero-order valence-electron chi connectivity index (χ0n) is 11.5. The maximum Gasteiger partial charge on any atom is 0.256 e. The average Bonchev–Trinajstić information content (AvgIpc) is 2.46. The maximum absolute atomic E-state index is 12.5. The number of anilines is 1. The molecule has 0 spiro atoms. The Hall–Kier alpha value is -1.66. The van der Waals surface area contributed by atoms with Crippen LogP contribution in [-0.4, -0.2) is 53.9 Å². The molecule has 6 nitrogen and oxygen atoms in total. The minimum atomic E-state index is 0.0156. The maximum atomic E-state index is 12.5. The topological polar surface area (TPSA) is 74.5 Å². The highest BCUT2D eigenvalue weighted by molar-refractivity contribution is 5.99. The van der Waals surface area contributed by atoms with Crippen LogP contribution in [-0.2, 0) is 0 Å². The minimum absolute atomic E-state index is 0.0156. The highest BCUT2D eigenvalue weighted by atomic mass is 16.2. The predicted molar refractivity (Wildman–Crippen MR) is 74.7 cm³/mol. The van der Waals surface area contributed by atoms with Gasteiger partial charge in [-0.25, -0.2) is 0 Å². The van der Waals surface area contributed by atoms with Crippen molar-refractivity contribution in [2.45, 2.75) is 18.9 Å². The van der Waals surface area contributed by atoms with Crippen LogP contribution < -0.4 is 11.3 Å². The number of amides is 1. The number of piperidine rings is 1. The first-order chi connectivity index (χ1) is 9.13. The molecule has 1 aliphatic rings. The van der Waals surface area contributed by atoms with Crippen molar-refractivity contribution < 1.29 is 4.79 Å². The number of hydrazine groups is 1. The Bertz CT molecular complexity index is 448. The van der Waals surface area contributed by atoms with Crippen molar-refractivity contribution in [1.82, 2.24) is 14.8 Å². The predicted octanol–water partition coefficient (Wildman–Crippen LogP) is 0.533. The van der Waals surface area contributed by atoms with E-state index >= 15 is 0 Å². The van der Waals surface area contributed by atoms with E-state index in [2.05, 4.69) is 29.4 Å². The Morgan fingerprint density at radius 2 is 2.37 bits per heavy atom. The fourth-order valence-corrected chi connectivity index (χ4v) is 2.43. The number of carbonyl (C=O) groups is 1. The largest absolute Gasteiger partial charge is 0.337 e. The van der Waals surface area contributed by atoms with Gasteiger partial charge in [0.2, 0.25) is 0 Å². The van der Waals surface area contributed by atoms with Crippen molar-refractivity contribution in [3.8, 4) is 0 Å². The molecule has 6 heteroatoms. The molecular weight excluding hydrogens is 242 g/mol. The number of hydrogen-bond donors (Lipinski definition) is 2. The van der Waals surface area contributed by atoms with Crippen LogP contribution in [0.4, 0.5) is 5.69 Å². The van der Waals surface area contributed by atoms with E-state index in [4.69, 9.17) is 5.84 Å². The Morgan fingerprint density at radius 1 is 1.58 bits per heavy atom. The third kappa shape index (κ3) is 3.02. The van der Waals surface area contributed by atoms with Gasteiger partial charge in [0, 0.05) is 25.3 Å². The first-order valence-electron chi connectivity index (χ1n) is 6.50. The first-order valence-corrected chi connectivity index (χ1v) is 6.50. The minimum Gasteiger partial charge on any atom is -0.337 e. The Morgan fingerprint density at radius 3 is 3.05 bits per heavy atom. The zero-order chi connectivity index (χ0) is 13.8. The van der Waals surface area contributed by atoms with Crippen LogP contribution >= 0.6 is 0 Å². The molecule has 2 heterocycles. The summed E-state index contributed by atoms with van der Waals surface area (Å²) in [6, 6.07) is 2.13. The van der Waals surface area contributed by atoms with E-state index < -0.39 is 0 Å². The molecule has 0 bridgehead atoms. The zero-order valence-corrected chi connectivity index (χ0v) is 11.5. The molecule has 1 atom stereocenters. The Balaban J connectivity index is 2.15. The molecule has 1 saturated heterocycles. The summed E-state index contributed by atoms with van der Waals surface area (Å²) in [5.74, 6) is 5.44. The summed E-state index contributed by atoms with van der Waals surface area (Å²) in [4.78, 5) is 20.6. The summed E-state index contributed by atoms with van der Waals surface area (Å²) < 4.78 is 0. The molecule has 1 amide bonds. The van der Waals surface area contributed by atoms with E-state index in [1.807, 2.05) is 4.90 Å². The van der Waals surface area contributed by atoms with Gasteiger partial charge in [-0.2, -0.15) is 0 Å². The summed E-state index contributed by atoms with van der Waals surface area (Å²) in [6.07, 6.45) is 5.35. The number of aromatic nitrogens is 1. The molecule has 1 aromatic rings. The molecule has 0 saturated carbocycles. The number of hydrogen-bond acceptors (Lipinski definition) is 5. The molecule has 1 fully saturated rings. The Labute approximate surface area is 113 Å². The Kier molecular flexibility index (Phi) is 4.34. The third-order valence-electron chi connectivity index (χ3n) is 3.62. The normalized spacial score (nSPS) is 19.6. The standard InChI is InChI=1S/C13H21N5O/c1-17(2)10-4-3-7-18(9-10)13(19)11-5-6-15-8-12(11)16-14/h5-6,8,10,16H,3-4,7,9,14H2,1-2H3. The lowest BCUT2D eigenvalue weighted by Crippen LogP contribution is -2.47. The fraction of sp³-hybridized carbons (Fsp3) is 0.538. The van der Waals surface area contributed by atoms with E-state index in [-0.39, 0.29) is 5.91 Å². The highest BCUT2D eigenvalue weighted by Crippen LogP contribution is 2.19. The van der Waals surface area contributed by atoms with Crippen LogP contribution in [0, 0.1) is 0 Å². The van der Waals surface area contributed by atoms with E-state index in [9.17, 15) is 4.79 Å². The number of nitrogens with two attached hydrogens (primary N) is 1. The average molecular weight is 263 g/mol. The van der Waals surface area contributed by atoms with Crippen molar-refractivity contribution in [3.05, 3.63) is 24.0 Å². The van der Waals surface area contributed by atoms with Crippen molar-refractivity contribution in [2.24, 2.45) is 5.84 Å². The van der Waals surface area contributed by atoms with Crippen molar-refractivity contribution in [2.75, 3.05) is 32.6 Å². The number of likely N-dealkylation sites (tertiary alicyclic amines) is 1. The molecule has 1 aromatic heterocycles. The van der Waals surface area contributed by atoms with Crippen LogP contribution in [0.2, 0.25) is 0 Å².